The van der Waals surface area contributed by atoms with Crippen molar-refractivity contribution in [3.8, 4) is 0 Å². The third-order valence-corrected chi connectivity index (χ3v) is 5.15. The molecule has 0 aliphatic rings. The SMILES string of the molecule is Cn1cc2c(n1)c(=O)n(Cc1ccccc1)c(=O)n2CC(=O)Nc1ccc(Br)cc1. The Morgan fingerprint density at radius 3 is 2.43 bits per heavy atom. The second-order valence-electron chi connectivity index (χ2n) is 6.84. The maximum absolute atomic E-state index is 13.2. The number of benzene rings is 2. The zero-order valence-corrected chi connectivity index (χ0v) is 17.7. The molecule has 0 saturated heterocycles. The first-order chi connectivity index (χ1) is 14.4. The van der Waals surface area contributed by atoms with E-state index in [0.29, 0.717) is 11.2 Å². The number of halogens is 1. The average Bonchev–Trinajstić information content (AvgIpc) is 3.13. The number of aromatic nitrogens is 4. The number of hydrogen-bond donors (Lipinski definition) is 1. The first-order valence-corrected chi connectivity index (χ1v) is 9.98. The van der Waals surface area contributed by atoms with Crippen LogP contribution in [-0.2, 0) is 24.9 Å². The molecule has 0 spiro atoms. The quantitative estimate of drug-likeness (QED) is 0.487. The van der Waals surface area contributed by atoms with Crippen LogP contribution < -0.4 is 16.6 Å². The molecular weight excluding hydrogens is 450 g/mol. The highest BCUT2D eigenvalue weighted by molar-refractivity contribution is 9.10. The lowest BCUT2D eigenvalue weighted by Gasteiger charge is -2.12. The molecule has 9 heteroatoms. The molecule has 0 aliphatic heterocycles. The van der Waals surface area contributed by atoms with Gasteiger partial charge < -0.3 is 5.32 Å². The molecule has 8 nitrogen and oxygen atoms in total. The van der Waals surface area contributed by atoms with Gasteiger partial charge >= 0.3 is 5.69 Å². The molecule has 0 unspecified atom stereocenters. The van der Waals surface area contributed by atoms with Gasteiger partial charge in [0.25, 0.3) is 5.56 Å². The van der Waals surface area contributed by atoms with Crippen LogP contribution >= 0.6 is 15.9 Å². The van der Waals surface area contributed by atoms with E-state index in [2.05, 4.69) is 26.3 Å². The van der Waals surface area contributed by atoms with Gasteiger partial charge in [-0.3, -0.25) is 23.4 Å². The van der Waals surface area contributed by atoms with E-state index in [0.717, 1.165) is 14.6 Å². The van der Waals surface area contributed by atoms with E-state index in [1.165, 1.54) is 9.25 Å². The molecule has 2 aromatic heterocycles. The van der Waals surface area contributed by atoms with E-state index in [1.54, 1.807) is 37.5 Å². The Morgan fingerprint density at radius 1 is 1.03 bits per heavy atom. The zero-order valence-electron chi connectivity index (χ0n) is 16.1. The lowest BCUT2D eigenvalue weighted by molar-refractivity contribution is -0.116. The number of amides is 1. The molecule has 0 fully saturated rings. The Labute approximate surface area is 179 Å². The lowest BCUT2D eigenvalue weighted by Crippen LogP contribution is -2.41. The van der Waals surface area contributed by atoms with E-state index in [9.17, 15) is 14.4 Å². The zero-order chi connectivity index (χ0) is 21.3. The van der Waals surface area contributed by atoms with Crippen molar-refractivity contribution < 1.29 is 4.79 Å². The summed E-state index contributed by atoms with van der Waals surface area (Å²) >= 11 is 3.35. The number of carbonyl (C=O) groups is 1. The molecule has 1 N–H and O–H groups in total. The molecule has 0 bridgehead atoms. The van der Waals surface area contributed by atoms with Gasteiger partial charge in [0.1, 0.15) is 6.54 Å². The highest BCUT2D eigenvalue weighted by Crippen LogP contribution is 2.14. The fourth-order valence-electron chi connectivity index (χ4n) is 3.22. The van der Waals surface area contributed by atoms with Crippen molar-refractivity contribution in [3.63, 3.8) is 0 Å². The van der Waals surface area contributed by atoms with Gasteiger partial charge in [0.2, 0.25) is 5.91 Å². The maximum Gasteiger partial charge on any atom is 0.332 e. The van der Waals surface area contributed by atoms with Crippen LogP contribution in [0.5, 0.6) is 0 Å². The van der Waals surface area contributed by atoms with Gasteiger partial charge in [-0.2, -0.15) is 5.10 Å². The van der Waals surface area contributed by atoms with Crippen LogP contribution in [0, 0.1) is 0 Å². The summed E-state index contributed by atoms with van der Waals surface area (Å²) in [4.78, 5) is 38.7. The van der Waals surface area contributed by atoms with Gasteiger partial charge in [0.05, 0.1) is 12.1 Å². The average molecular weight is 468 g/mol. The molecule has 152 valence electrons. The third-order valence-electron chi connectivity index (χ3n) is 4.62. The Bertz CT molecular complexity index is 1340. The summed E-state index contributed by atoms with van der Waals surface area (Å²) in [5, 5.41) is 6.97. The number of nitrogens with zero attached hydrogens (tertiary/aromatic N) is 4. The number of carbonyl (C=O) groups excluding carboxylic acids is 1. The van der Waals surface area contributed by atoms with Crippen molar-refractivity contribution in [3.05, 3.63) is 91.7 Å². The van der Waals surface area contributed by atoms with Gasteiger partial charge in [-0.15, -0.1) is 0 Å². The number of anilines is 1. The molecule has 2 aromatic carbocycles. The van der Waals surface area contributed by atoms with Crippen LogP contribution in [0.4, 0.5) is 5.69 Å². The fraction of sp³-hybridized carbons (Fsp3) is 0.143. The predicted octanol–water partition coefficient (Wildman–Crippen LogP) is 2.35. The summed E-state index contributed by atoms with van der Waals surface area (Å²) in [6.07, 6.45) is 1.57. The first-order valence-electron chi connectivity index (χ1n) is 9.19. The van der Waals surface area contributed by atoms with Crippen LogP contribution in [0.2, 0.25) is 0 Å². The van der Waals surface area contributed by atoms with Gasteiger partial charge in [-0.1, -0.05) is 46.3 Å². The summed E-state index contributed by atoms with van der Waals surface area (Å²) < 4.78 is 4.74. The highest BCUT2D eigenvalue weighted by atomic mass is 79.9. The maximum atomic E-state index is 13.2. The van der Waals surface area contributed by atoms with E-state index in [-0.39, 0.29) is 24.5 Å². The number of hydrogen-bond acceptors (Lipinski definition) is 4. The predicted molar refractivity (Wildman–Crippen MR) is 118 cm³/mol. The van der Waals surface area contributed by atoms with Gasteiger partial charge in [-0.25, -0.2) is 4.79 Å². The molecular formula is C21H18BrN5O3. The highest BCUT2D eigenvalue weighted by Gasteiger charge is 2.18. The van der Waals surface area contributed by atoms with Gasteiger partial charge in [0, 0.05) is 23.4 Å². The standard InChI is InChI=1S/C21H18BrN5O3/c1-25-12-17-19(24-25)20(29)27(11-14-5-3-2-4-6-14)21(30)26(17)13-18(28)23-16-9-7-15(22)8-10-16/h2-10,12H,11,13H2,1H3,(H,23,28). The second-order valence-corrected chi connectivity index (χ2v) is 7.75. The van der Waals surface area contributed by atoms with Crippen molar-refractivity contribution in [1.82, 2.24) is 18.9 Å². The lowest BCUT2D eigenvalue weighted by atomic mass is 10.2. The van der Waals surface area contributed by atoms with Crippen LogP contribution in [0.15, 0.2) is 74.9 Å². The molecule has 4 aromatic rings. The molecule has 0 radical (unpaired) electrons. The number of nitrogens with one attached hydrogen (secondary N) is 1. The molecule has 0 saturated carbocycles. The summed E-state index contributed by atoms with van der Waals surface area (Å²) in [5.74, 6) is -0.380. The molecule has 0 atom stereocenters. The Hall–Kier alpha value is -3.46. The first kappa shape index (κ1) is 19.8. The Morgan fingerprint density at radius 2 is 1.73 bits per heavy atom. The summed E-state index contributed by atoms with van der Waals surface area (Å²) in [6, 6.07) is 16.3. The van der Waals surface area contributed by atoms with Crippen LogP contribution in [0.25, 0.3) is 11.0 Å². The number of fused-ring (bicyclic) bond motifs is 1. The minimum Gasteiger partial charge on any atom is -0.325 e. The van der Waals surface area contributed by atoms with E-state index >= 15 is 0 Å². The van der Waals surface area contributed by atoms with Crippen molar-refractivity contribution in [2.24, 2.45) is 7.05 Å². The van der Waals surface area contributed by atoms with Crippen molar-refractivity contribution in [2.45, 2.75) is 13.1 Å². The monoisotopic (exact) mass is 467 g/mol. The van der Waals surface area contributed by atoms with Crippen LogP contribution in [0.1, 0.15) is 5.56 Å². The minimum atomic E-state index is -0.560. The normalized spacial score (nSPS) is 11.0. The van der Waals surface area contributed by atoms with Gasteiger partial charge in [0.15, 0.2) is 5.52 Å². The second kappa shape index (κ2) is 8.11. The third kappa shape index (κ3) is 3.97. The minimum absolute atomic E-state index is 0.0966. The van der Waals surface area contributed by atoms with Crippen LogP contribution in [0.3, 0.4) is 0 Å². The number of aryl methyl sites for hydroxylation is 1. The molecule has 2 heterocycles. The van der Waals surface area contributed by atoms with Crippen molar-refractivity contribution >= 4 is 38.6 Å². The molecule has 4 rings (SSSR count). The molecule has 1 amide bonds. The topological polar surface area (TPSA) is 90.9 Å². The Balaban J connectivity index is 1.74. The van der Waals surface area contributed by atoms with Gasteiger partial charge in [-0.05, 0) is 29.8 Å². The smallest absolute Gasteiger partial charge is 0.325 e. The summed E-state index contributed by atoms with van der Waals surface area (Å²) in [5.41, 5.74) is 0.834. The van der Waals surface area contributed by atoms with E-state index in [4.69, 9.17) is 0 Å². The van der Waals surface area contributed by atoms with E-state index in [1.807, 2.05) is 30.3 Å². The summed E-state index contributed by atoms with van der Waals surface area (Å²) in [7, 11) is 1.66. The summed E-state index contributed by atoms with van der Waals surface area (Å²) in [6.45, 7) is -0.147. The van der Waals surface area contributed by atoms with Crippen LogP contribution in [-0.4, -0.2) is 24.8 Å². The largest absolute Gasteiger partial charge is 0.332 e. The molecule has 30 heavy (non-hydrogen) atoms. The van der Waals surface area contributed by atoms with Crippen molar-refractivity contribution in [1.29, 1.82) is 0 Å². The molecule has 0 aliphatic carbocycles. The van der Waals surface area contributed by atoms with Crippen molar-refractivity contribution in [2.75, 3.05) is 5.32 Å². The Kier molecular flexibility index (Phi) is 5.37. The number of rotatable bonds is 5. The van der Waals surface area contributed by atoms with E-state index < -0.39 is 11.2 Å². The fourth-order valence-corrected chi connectivity index (χ4v) is 3.49.